The van der Waals surface area contributed by atoms with Gasteiger partial charge in [-0.3, -0.25) is 10.1 Å². The van der Waals surface area contributed by atoms with Crippen molar-refractivity contribution in [2.45, 2.75) is 6.42 Å². The second-order valence-corrected chi connectivity index (χ2v) is 3.33. The molecule has 0 N–H and O–H groups in total. The van der Waals surface area contributed by atoms with Crippen molar-refractivity contribution >= 4 is 17.3 Å². The van der Waals surface area contributed by atoms with Crippen LogP contribution in [0.1, 0.15) is 12.0 Å². The number of azide groups is 1. The molecule has 0 radical (unpaired) electrons. The summed E-state index contributed by atoms with van der Waals surface area (Å²) in [5, 5.41) is 14.0. The normalized spacial score (nSPS) is 8.76. The Labute approximate surface area is 102 Å². The highest BCUT2D eigenvalue weighted by Crippen LogP contribution is 2.21. The maximum Gasteiger partial charge on any atom is 0.271 e. The summed E-state index contributed by atoms with van der Waals surface area (Å²) >= 11 is 5.82. The molecule has 1 rings (SSSR count). The smallest absolute Gasteiger partial charge is 0.258 e. The fourth-order valence-corrected chi connectivity index (χ4v) is 1.25. The SMILES string of the molecule is [N-]=[N+]=NCCC#Cc1ccc([N+](=O)[O-])cc1Cl. The van der Waals surface area contributed by atoms with Gasteiger partial charge >= 0.3 is 0 Å². The van der Waals surface area contributed by atoms with Crippen LogP contribution in [0.5, 0.6) is 0 Å². The molecule has 0 aliphatic rings. The Morgan fingerprint density at radius 3 is 2.94 bits per heavy atom. The van der Waals surface area contributed by atoms with Gasteiger partial charge in [-0.15, -0.1) is 0 Å². The fraction of sp³-hybridized carbons (Fsp3) is 0.200. The summed E-state index contributed by atoms with van der Waals surface area (Å²) in [6, 6.07) is 4.07. The molecule has 0 fully saturated rings. The summed E-state index contributed by atoms with van der Waals surface area (Å²) in [6.45, 7) is 0.286. The largest absolute Gasteiger partial charge is 0.271 e. The molecule has 0 heterocycles. The van der Waals surface area contributed by atoms with Gasteiger partial charge in [-0.2, -0.15) is 0 Å². The van der Waals surface area contributed by atoms with Crippen LogP contribution in [-0.4, -0.2) is 11.5 Å². The molecule has 0 aromatic heterocycles. The first-order valence-corrected chi connectivity index (χ1v) is 4.96. The molecule has 6 nitrogen and oxygen atoms in total. The van der Waals surface area contributed by atoms with Crippen molar-refractivity contribution in [3.63, 3.8) is 0 Å². The molecule has 0 amide bonds. The number of hydrogen-bond donors (Lipinski definition) is 0. The van der Waals surface area contributed by atoms with E-state index in [0.717, 1.165) is 0 Å². The van der Waals surface area contributed by atoms with Gasteiger partial charge in [-0.25, -0.2) is 0 Å². The second-order valence-electron chi connectivity index (χ2n) is 2.93. The number of nitrogens with zero attached hydrogens (tertiary/aromatic N) is 4. The summed E-state index contributed by atoms with van der Waals surface area (Å²) in [7, 11) is 0. The molecule has 0 saturated heterocycles. The third-order valence-corrected chi connectivity index (χ3v) is 2.10. The third kappa shape index (κ3) is 4.03. The van der Waals surface area contributed by atoms with E-state index in [9.17, 15) is 10.1 Å². The van der Waals surface area contributed by atoms with Crippen molar-refractivity contribution in [1.82, 2.24) is 0 Å². The average Bonchev–Trinajstić information content (AvgIpc) is 2.30. The van der Waals surface area contributed by atoms with Crippen molar-refractivity contribution < 1.29 is 4.92 Å². The van der Waals surface area contributed by atoms with Gasteiger partial charge in [-0.1, -0.05) is 28.6 Å². The molecule has 0 aliphatic heterocycles. The summed E-state index contributed by atoms with van der Waals surface area (Å²) < 4.78 is 0. The zero-order valence-electron chi connectivity index (χ0n) is 8.63. The van der Waals surface area contributed by atoms with Gasteiger partial charge in [0.15, 0.2) is 0 Å². The van der Waals surface area contributed by atoms with Crippen LogP contribution < -0.4 is 0 Å². The maximum absolute atomic E-state index is 10.5. The first-order chi connectivity index (χ1) is 8.15. The molecule has 1 aromatic rings. The van der Waals surface area contributed by atoms with Crippen LogP contribution in [0.3, 0.4) is 0 Å². The molecule has 17 heavy (non-hydrogen) atoms. The highest BCUT2D eigenvalue weighted by Gasteiger charge is 2.07. The minimum absolute atomic E-state index is 0.0744. The molecule has 0 bridgehead atoms. The summed E-state index contributed by atoms with van der Waals surface area (Å²) in [4.78, 5) is 12.5. The molecule has 0 saturated carbocycles. The Bertz CT molecular complexity index is 541. The molecule has 7 heteroatoms. The quantitative estimate of drug-likeness (QED) is 0.157. The van der Waals surface area contributed by atoms with E-state index in [1.54, 1.807) is 0 Å². The standard InChI is InChI=1S/C10H7ClN4O2/c11-10-7-9(15(16)17)5-4-8(10)3-1-2-6-13-14-12/h4-5,7H,2,6H2. The predicted molar refractivity (Wildman–Crippen MR) is 63.6 cm³/mol. The average molecular weight is 251 g/mol. The van der Waals surface area contributed by atoms with Crippen LogP contribution in [0.25, 0.3) is 10.4 Å². The minimum Gasteiger partial charge on any atom is -0.258 e. The lowest BCUT2D eigenvalue weighted by Gasteiger charge is -1.95. The molecule has 0 unspecified atom stereocenters. The highest BCUT2D eigenvalue weighted by atomic mass is 35.5. The van der Waals surface area contributed by atoms with Crippen molar-refractivity contribution in [2.24, 2.45) is 5.11 Å². The number of hydrogen-bond acceptors (Lipinski definition) is 3. The number of nitro benzene ring substituents is 1. The number of non-ortho nitro benzene ring substituents is 1. The van der Waals surface area contributed by atoms with Crippen LogP contribution in [0.4, 0.5) is 5.69 Å². The van der Waals surface area contributed by atoms with Crippen molar-refractivity contribution in [3.8, 4) is 11.8 Å². The van der Waals surface area contributed by atoms with E-state index in [1.807, 2.05) is 0 Å². The third-order valence-electron chi connectivity index (χ3n) is 1.79. The number of benzene rings is 1. The molecule has 0 aliphatic carbocycles. The van der Waals surface area contributed by atoms with Crippen molar-refractivity contribution in [2.75, 3.05) is 6.54 Å². The topological polar surface area (TPSA) is 91.9 Å². The molecule has 0 spiro atoms. The first-order valence-electron chi connectivity index (χ1n) is 4.59. The molecular formula is C10H7ClN4O2. The van der Waals surface area contributed by atoms with E-state index in [2.05, 4.69) is 21.9 Å². The van der Waals surface area contributed by atoms with Gasteiger partial charge in [0.05, 0.1) is 9.95 Å². The van der Waals surface area contributed by atoms with E-state index >= 15 is 0 Å². The summed E-state index contributed by atoms with van der Waals surface area (Å²) in [5.41, 5.74) is 8.47. The van der Waals surface area contributed by atoms with Gasteiger partial charge < -0.3 is 0 Å². The lowest BCUT2D eigenvalue weighted by molar-refractivity contribution is -0.384. The van der Waals surface area contributed by atoms with E-state index in [4.69, 9.17) is 17.1 Å². The van der Waals surface area contributed by atoms with E-state index in [0.29, 0.717) is 12.0 Å². The first kappa shape index (κ1) is 12.8. The monoisotopic (exact) mass is 250 g/mol. The van der Waals surface area contributed by atoms with Crippen LogP contribution in [-0.2, 0) is 0 Å². The van der Waals surface area contributed by atoms with Crippen LogP contribution in [0.15, 0.2) is 23.3 Å². The van der Waals surface area contributed by atoms with Crippen LogP contribution >= 0.6 is 11.6 Å². The maximum atomic E-state index is 10.5. The van der Waals surface area contributed by atoms with Crippen LogP contribution in [0, 0.1) is 22.0 Å². The van der Waals surface area contributed by atoms with Gasteiger partial charge in [0.1, 0.15) is 0 Å². The summed E-state index contributed by atoms with van der Waals surface area (Å²) in [5.74, 6) is 5.51. The Hall–Kier alpha value is -2.22. The number of halogens is 1. The number of nitro groups is 1. The zero-order chi connectivity index (χ0) is 12.7. The Morgan fingerprint density at radius 1 is 1.59 bits per heavy atom. The van der Waals surface area contributed by atoms with E-state index in [-0.39, 0.29) is 17.3 Å². The number of rotatable bonds is 3. The van der Waals surface area contributed by atoms with E-state index in [1.165, 1.54) is 18.2 Å². The molecule has 1 aromatic carbocycles. The van der Waals surface area contributed by atoms with Gasteiger partial charge in [0.2, 0.25) is 0 Å². The Balaban J connectivity index is 2.78. The minimum atomic E-state index is -0.523. The van der Waals surface area contributed by atoms with Gasteiger partial charge in [-0.05, 0) is 11.6 Å². The van der Waals surface area contributed by atoms with Crippen LogP contribution in [0.2, 0.25) is 5.02 Å². The zero-order valence-corrected chi connectivity index (χ0v) is 9.39. The van der Waals surface area contributed by atoms with Crippen molar-refractivity contribution in [1.29, 1.82) is 0 Å². The second kappa shape index (κ2) is 6.38. The fourth-order valence-electron chi connectivity index (χ4n) is 1.03. The molecule has 0 atom stereocenters. The lowest BCUT2D eigenvalue weighted by Crippen LogP contribution is -1.88. The highest BCUT2D eigenvalue weighted by molar-refractivity contribution is 6.32. The predicted octanol–water partition coefficient (Wildman–Crippen LogP) is 3.30. The van der Waals surface area contributed by atoms with Gasteiger partial charge in [0, 0.05) is 35.6 Å². The van der Waals surface area contributed by atoms with E-state index < -0.39 is 4.92 Å². The Morgan fingerprint density at radius 2 is 2.35 bits per heavy atom. The van der Waals surface area contributed by atoms with Crippen molar-refractivity contribution in [3.05, 3.63) is 49.3 Å². The molecule has 86 valence electrons. The lowest BCUT2D eigenvalue weighted by atomic mass is 10.2. The van der Waals surface area contributed by atoms with Gasteiger partial charge in [0.25, 0.3) is 5.69 Å². The summed E-state index contributed by atoms with van der Waals surface area (Å²) in [6.07, 6.45) is 0.414. The Kier molecular flexibility index (Phi) is 4.82. The molecular weight excluding hydrogens is 244 g/mol.